The zero-order valence-electron chi connectivity index (χ0n) is 13.4. The van der Waals surface area contributed by atoms with Gasteiger partial charge in [-0.2, -0.15) is 0 Å². The average molecular weight is 371 g/mol. The van der Waals surface area contributed by atoms with Gasteiger partial charge in [0.2, 0.25) is 0 Å². The summed E-state index contributed by atoms with van der Waals surface area (Å²) in [7, 11) is 0. The first-order chi connectivity index (χ1) is 9.14. The molecule has 0 aromatic carbocycles. The first-order valence-corrected chi connectivity index (χ1v) is 15.7. The fourth-order valence-electron chi connectivity index (χ4n) is 3.33. The van der Waals surface area contributed by atoms with Crippen LogP contribution in [0.4, 0.5) is 0 Å². The molecule has 3 heteroatoms. The minimum atomic E-state index is -2.28. The van der Waals surface area contributed by atoms with Crippen molar-refractivity contribution in [3.63, 3.8) is 0 Å². The molecule has 0 radical (unpaired) electrons. The fraction of sp³-hybridized carbons (Fsp3) is 0.875. The van der Waals surface area contributed by atoms with Gasteiger partial charge in [0.05, 0.1) is 0 Å². The van der Waals surface area contributed by atoms with Crippen LogP contribution < -0.4 is 0 Å². The quantitative estimate of drug-likeness (QED) is 0.414. The Hall–Kier alpha value is 0.139. The molecular formula is C16H32N2Sn. The molecule has 0 N–H and O–H groups in total. The van der Waals surface area contributed by atoms with Crippen LogP contribution >= 0.6 is 0 Å². The Morgan fingerprint density at radius 3 is 1.68 bits per heavy atom. The van der Waals surface area contributed by atoms with Crippen LogP contribution in [0.25, 0.3) is 0 Å². The molecule has 0 aromatic rings. The molecule has 1 aliphatic heterocycles. The van der Waals surface area contributed by atoms with Gasteiger partial charge < -0.3 is 0 Å². The summed E-state index contributed by atoms with van der Waals surface area (Å²) >= 11 is -2.28. The van der Waals surface area contributed by atoms with Gasteiger partial charge in [0.25, 0.3) is 0 Å². The zero-order valence-corrected chi connectivity index (χ0v) is 16.3. The second-order valence-corrected chi connectivity index (χ2v) is 20.7. The molecule has 2 nitrogen and oxygen atoms in total. The topological polar surface area (TPSA) is 24.7 Å². The zero-order chi connectivity index (χ0) is 14.2. The van der Waals surface area contributed by atoms with Gasteiger partial charge in [0.15, 0.2) is 0 Å². The van der Waals surface area contributed by atoms with Crippen LogP contribution in [0.1, 0.15) is 66.2 Å². The summed E-state index contributed by atoms with van der Waals surface area (Å²) in [5, 5.41) is 8.93. The van der Waals surface area contributed by atoms with Crippen LogP contribution in [0.2, 0.25) is 13.3 Å². The molecule has 1 aliphatic rings. The summed E-state index contributed by atoms with van der Waals surface area (Å²) in [5.74, 6) is 0. The molecule has 19 heavy (non-hydrogen) atoms. The molecule has 0 amide bonds. The molecule has 0 saturated carbocycles. The SMILES string of the molecule is CCC[CH2][Sn]([CH2]CCC)([CH2]CCC)[C]1(C)C=CN=N1. The maximum atomic E-state index is 4.71. The van der Waals surface area contributed by atoms with Crippen molar-refractivity contribution in [2.75, 3.05) is 0 Å². The number of nitrogens with zero attached hydrogens (tertiary/aromatic N) is 2. The van der Waals surface area contributed by atoms with E-state index in [9.17, 15) is 0 Å². The van der Waals surface area contributed by atoms with E-state index in [1.807, 2.05) is 6.20 Å². The standard InChI is InChI=1S/C4H5N2.3C4H9.Sn/c1-4-2-3-5-6-4;3*1-3-4-2;/h2-3H,1H3;3*1,3-4H2,2H3;. The number of hydrogen-bond donors (Lipinski definition) is 0. The fourth-order valence-corrected chi connectivity index (χ4v) is 20.6. The average Bonchev–Trinajstić information content (AvgIpc) is 2.86. The van der Waals surface area contributed by atoms with Crippen molar-refractivity contribution in [3.05, 3.63) is 12.3 Å². The minimum absolute atomic E-state index is 0.147. The van der Waals surface area contributed by atoms with Gasteiger partial charge in [0, 0.05) is 0 Å². The molecule has 0 bridgehead atoms. The van der Waals surface area contributed by atoms with Gasteiger partial charge in [-0.05, 0) is 0 Å². The molecule has 0 spiro atoms. The van der Waals surface area contributed by atoms with Gasteiger partial charge in [0.1, 0.15) is 0 Å². The third kappa shape index (κ3) is 4.30. The Morgan fingerprint density at radius 2 is 1.37 bits per heavy atom. The molecule has 1 rings (SSSR count). The summed E-state index contributed by atoms with van der Waals surface area (Å²) in [6.45, 7) is 9.36. The monoisotopic (exact) mass is 372 g/mol. The molecule has 110 valence electrons. The van der Waals surface area contributed by atoms with E-state index in [0.717, 1.165) is 0 Å². The van der Waals surface area contributed by atoms with Crippen molar-refractivity contribution < 1.29 is 0 Å². The number of unbranched alkanes of at least 4 members (excludes halogenated alkanes) is 3. The van der Waals surface area contributed by atoms with E-state index in [4.69, 9.17) is 5.11 Å². The third-order valence-electron chi connectivity index (χ3n) is 4.83. The van der Waals surface area contributed by atoms with E-state index in [-0.39, 0.29) is 3.55 Å². The Kier molecular flexibility index (Phi) is 7.63. The van der Waals surface area contributed by atoms with Crippen LogP contribution in [-0.4, -0.2) is 21.9 Å². The molecule has 0 saturated heterocycles. The number of hydrogen-bond acceptors (Lipinski definition) is 2. The van der Waals surface area contributed by atoms with Crippen molar-refractivity contribution in [1.29, 1.82) is 0 Å². The van der Waals surface area contributed by atoms with E-state index in [1.54, 1.807) is 0 Å². The van der Waals surface area contributed by atoms with Crippen LogP contribution in [0.15, 0.2) is 22.5 Å². The predicted molar refractivity (Wildman–Crippen MR) is 87.3 cm³/mol. The number of azo groups is 1. The molecule has 0 aromatic heterocycles. The van der Waals surface area contributed by atoms with Gasteiger partial charge in [-0.25, -0.2) is 0 Å². The maximum absolute atomic E-state index is 4.71. The van der Waals surface area contributed by atoms with Gasteiger partial charge in [-0.1, -0.05) is 0 Å². The van der Waals surface area contributed by atoms with Crippen molar-refractivity contribution in [2.45, 2.75) is 83.1 Å². The van der Waals surface area contributed by atoms with Crippen molar-refractivity contribution in [1.82, 2.24) is 0 Å². The number of rotatable bonds is 10. The normalized spacial score (nSPS) is 22.3. The first-order valence-electron chi connectivity index (χ1n) is 8.24. The summed E-state index contributed by atoms with van der Waals surface area (Å²) in [5.41, 5.74) is 0. The van der Waals surface area contributed by atoms with E-state index >= 15 is 0 Å². The Labute approximate surface area is 124 Å². The van der Waals surface area contributed by atoms with E-state index in [0.29, 0.717) is 0 Å². The van der Waals surface area contributed by atoms with Crippen LogP contribution in [0.5, 0.6) is 0 Å². The second-order valence-electron chi connectivity index (χ2n) is 6.27. The summed E-state index contributed by atoms with van der Waals surface area (Å²) in [6.07, 6.45) is 12.5. The Morgan fingerprint density at radius 1 is 0.895 bits per heavy atom. The second kappa shape index (κ2) is 8.43. The summed E-state index contributed by atoms with van der Waals surface area (Å²) < 4.78 is 4.66. The van der Waals surface area contributed by atoms with Crippen LogP contribution in [0, 0.1) is 0 Å². The van der Waals surface area contributed by atoms with E-state index in [2.05, 4.69) is 38.9 Å². The van der Waals surface area contributed by atoms with Crippen molar-refractivity contribution >= 4 is 18.4 Å². The van der Waals surface area contributed by atoms with Crippen molar-refractivity contribution in [2.24, 2.45) is 10.2 Å². The predicted octanol–water partition coefficient (Wildman–Crippen LogP) is 6.11. The Balaban J connectivity index is 2.94. The molecule has 1 atom stereocenters. The van der Waals surface area contributed by atoms with Crippen LogP contribution in [0.3, 0.4) is 0 Å². The molecule has 1 heterocycles. The van der Waals surface area contributed by atoms with Gasteiger partial charge in [-0.3, -0.25) is 0 Å². The molecular weight excluding hydrogens is 339 g/mol. The molecule has 0 fully saturated rings. The van der Waals surface area contributed by atoms with Crippen LogP contribution in [-0.2, 0) is 0 Å². The first kappa shape index (κ1) is 17.2. The summed E-state index contributed by atoms with van der Waals surface area (Å²) in [4.78, 5) is 0. The molecule has 1 unspecified atom stereocenters. The van der Waals surface area contributed by atoms with Crippen molar-refractivity contribution in [3.8, 4) is 0 Å². The third-order valence-corrected chi connectivity index (χ3v) is 22.9. The van der Waals surface area contributed by atoms with E-state index < -0.39 is 18.4 Å². The molecule has 0 aliphatic carbocycles. The summed E-state index contributed by atoms with van der Waals surface area (Å²) in [6, 6.07) is 0. The van der Waals surface area contributed by atoms with Gasteiger partial charge in [-0.15, -0.1) is 0 Å². The van der Waals surface area contributed by atoms with E-state index in [1.165, 1.54) is 51.8 Å². The Bertz CT molecular complexity index is 276. The van der Waals surface area contributed by atoms with Gasteiger partial charge >= 0.3 is 124 Å².